The van der Waals surface area contributed by atoms with E-state index in [0.29, 0.717) is 0 Å². The standard InChI is InChI=1S/C54H32O2/c1-2-11-33(12-3-1)38-16-8-13-34-29-37(23-26-41(34)38)54-44-19-9-17-39(35-24-27-52-48(30-35)42-14-4-6-21-50(42)55-52)46(44)32-47-40(18-10-20-45(47)54)36-25-28-53-49(31-36)43-15-5-7-22-51(43)56-53/h1-32H. The zero-order valence-electron chi connectivity index (χ0n) is 30.3. The van der Waals surface area contributed by atoms with E-state index in [1.165, 1.54) is 65.7 Å². The summed E-state index contributed by atoms with van der Waals surface area (Å²) in [6.07, 6.45) is 0. The number of hydrogen-bond acceptors (Lipinski definition) is 2. The molecule has 12 rings (SSSR count). The quantitative estimate of drug-likeness (QED) is 0.170. The average Bonchev–Trinajstić information content (AvgIpc) is 3.83. The molecule has 0 aliphatic carbocycles. The van der Waals surface area contributed by atoms with Crippen molar-refractivity contribution in [3.05, 3.63) is 194 Å². The summed E-state index contributed by atoms with van der Waals surface area (Å²) in [5.74, 6) is 0. The van der Waals surface area contributed by atoms with E-state index in [1.54, 1.807) is 0 Å². The minimum Gasteiger partial charge on any atom is -0.456 e. The molecule has 0 spiro atoms. The van der Waals surface area contributed by atoms with E-state index in [9.17, 15) is 0 Å². The van der Waals surface area contributed by atoms with Crippen LogP contribution in [0, 0.1) is 0 Å². The van der Waals surface area contributed by atoms with Crippen LogP contribution in [0.25, 0.3) is 121 Å². The SMILES string of the molecule is c1ccc(-c2cccc3cc(-c4c5cccc(-c6ccc7oc8ccccc8c7c6)c5cc5c(-c6ccc7oc8ccccc8c7c6)cccc45)ccc23)cc1. The average molecular weight is 713 g/mol. The van der Waals surface area contributed by atoms with Crippen LogP contribution in [-0.2, 0) is 0 Å². The van der Waals surface area contributed by atoms with Crippen LogP contribution in [0.4, 0.5) is 0 Å². The monoisotopic (exact) mass is 712 g/mol. The van der Waals surface area contributed by atoms with Gasteiger partial charge in [-0.05, 0) is 125 Å². The number of para-hydroxylation sites is 2. The Kier molecular flexibility index (Phi) is 6.66. The summed E-state index contributed by atoms with van der Waals surface area (Å²) in [6, 6.07) is 70.1. The maximum Gasteiger partial charge on any atom is 0.135 e. The largest absolute Gasteiger partial charge is 0.456 e. The lowest BCUT2D eigenvalue weighted by Crippen LogP contribution is -1.91. The molecule has 12 aromatic rings. The molecule has 0 bridgehead atoms. The minimum absolute atomic E-state index is 0.900. The molecule has 0 N–H and O–H groups in total. The van der Waals surface area contributed by atoms with Gasteiger partial charge >= 0.3 is 0 Å². The Hall–Kier alpha value is -7.42. The van der Waals surface area contributed by atoms with Crippen molar-refractivity contribution in [1.82, 2.24) is 0 Å². The third-order valence-electron chi connectivity index (χ3n) is 11.7. The first-order valence-electron chi connectivity index (χ1n) is 19.2. The highest BCUT2D eigenvalue weighted by atomic mass is 16.3. The summed E-state index contributed by atoms with van der Waals surface area (Å²) in [5, 5.41) is 11.8. The Morgan fingerprint density at radius 1 is 0.232 bits per heavy atom. The molecule has 0 fully saturated rings. The molecule has 0 aliphatic heterocycles. The number of benzene rings is 10. The van der Waals surface area contributed by atoms with Gasteiger partial charge < -0.3 is 8.83 Å². The summed E-state index contributed by atoms with van der Waals surface area (Å²) in [5.41, 5.74) is 13.2. The maximum absolute atomic E-state index is 6.25. The van der Waals surface area contributed by atoms with Crippen LogP contribution < -0.4 is 0 Å². The van der Waals surface area contributed by atoms with Crippen LogP contribution >= 0.6 is 0 Å². The zero-order valence-corrected chi connectivity index (χ0v) is 30.3. The molecule has 0 unspecified atom stereocenters. The van der Waals surface area contributed by atoms with E-state index < -0.39 is 0 Å². The van der Waals surface area contributed by atoms with Crippen LogP contribution in [-0.4, -0.2) is 0 Å². The molecule has 10 aromatic carbocycles. The summed E-state index contributed by atoms with van der Waals surface area (Å²) >= 11 is 0. The van der Waals surface area contributed by atoms with Gasteiger partial charge in [-0.2, -0.15) is 0 Å². The maximum atomic E-state index is 6.25. The Balaban J connectivity index is 1.15. The van der Waals surface area contributed by atoms with Crippen molar-refractivity contribution in [3.63, 3.8) is 0 Å². The summed E-state index contributed by atoms with van der Waals surface area (Å²) in [6.45, 7) is 0. The molecule has 0 aliphatic rings. The topological polar surface area (TPSA) is 26.3 Å². The predicted octanol–water partition coefficient (Wildman–Crippen LogP) is 15.6. The van der Waals surface area contributed by atoms with E-state index in [1.807, 2.05) is 24.3 Å². The van der Waals surface area contributed by atoms with Crippen molar-refractivity contribution in [2.75, 3.05) is 0 Å². The lowest BCUT2D eigenvalue weighted by Gasteiger charge is -2.18. The summed E-state index contributed by atoms with van der Waals surface area (Å²) in [4.78, 5) is 0. The van der Waals surface area contributed by atoms with Gasteiger partial charge in [0.05, 0.1) is 0 Å². The molecule has 0 amide bonds. The molecular weight excluding hydrogens is 681 g/mol. The lowest BCUT2D eigenvalue weighted by atomic mass is 9.85. The first-order valence-corrected chi connectivity index (χ1v) is 19.2. The van der Waals surface area contributed by atoms with Crippen molar-refractivity contribution in [3.8, 4) is 44.5 Å². The first-order chi connectivity index (χ1) is 27.7. The van der Waals surface area contributed by atoms with E-state index in [4.69, 9.17) is 8.83 Å². The third-order valence-corrected chi connectivity index (χ3v) is 11.7. The fourth-order valence-electron chi connectivity index (χ4n) is 9.08. The van der Waals surface area contributed by atoms with E-state index >= 15 is 0 Å². The van der Waals surface area contributed by atoms with Crippen molar-refractivity contribution >= 4 is 76.2 Å². The number of furan rings is 2. The molecule has 2 nitrogen and oxygen atoms in total. The van der Waals surface area contributed by atoms with Gasteiger partial charge in [0.25, 0.3) is 0 Å². The molecule has 0 radical (unpaired) electrons. The Morgan fingerprint density at radius 2 is 0.714 bits per heavy atom. The van der Waals surface area contributed by atoms with Gasteiger partial charge in [0, 0.05) is 21.5 Å². The molecule has 0 atom stereocenters. The lowest BCUT2D eigenvalue weighted by molar-refractivity contribution is 0.668. The molecule has 0 saturated carbocycles. The normalized spacial score (nSPS) is 11.9. The van der Waals surface area contributed by atoms with Crippen LogP contribution in [0.5, 0.6) is 0 Å². The fourth-order valence-corrected chi connectivity index (χ4v) is 9.08. The highest BCUT2D eigenvalue weighted by Gasteiger charge is 2.18. The Bertz CT molecular complexity index is 3360. The molecule has 2 heteroatoms. The van der Waals surface area contributed by atoms with Gasteiger partial charge in [-0.15, -0.1) is 0 Å². The number of hydrogen-bond donors (Lipinski definition) is 0. The van der Waals surface area contributed by atoms with Crippen molar-refractivity contribution in [2.45, 2.75) is 0 Å². The highest BCUT2D eigenvalue weighted by molar-refractivity contribution is 6.20. The third kappa shape index (κ3) is 4.69. The van der Waals surface area contributed by atoms with Gasteiger partial charge in [-0.3, -0.25) is 0 Å². The second-order valence-corrected chi connectivity index (χ2v) is 14.8. The van der Waals surface area contributed by atoms with Crippen molar-refractivity contribution in [2.24, 2.45) is 0 Å². The predicted molar refractivity (Wildman–Crippen MR) is 235 cm³/mol. The van der Waals surface area contributed by atoms with Gasteiger partial charge in [-0.1, -0.05) is 146 Å². The van der Waals surface area contributed by atoms with Crippen LogP contribution in [0.2, 0.25) is 0 Å². The van der Waals surface area contributed by atoms with Gasteiger partial charge in [0.2, 0.25) is 0 Å². The molecular formula is C54H32O2. The summed E-state index contributed by atoms with van der Waals surface area (Å²) in [7, 11) is 0. The zero-order chi connectivity index (χ0) is 36.7. The van der Waals surface area contributed by atoms with Gasteiger partial charge in [0.15, 0.2) is 0 Å². The molecule has 2 heterocycles. The second kappa shape index (κ2) is 12.0. The van der Waals surface area contributed by atoms with Crippen molar-refractivity contribution < 1.29 is 8.83 Å². The summed E-state index contributed by atoms with van der Waals surface area (Å²) < 4.78 is 12.5. The molecule has 260 valence electrons. The smallest absolute Gasteiger partial charge is 0.135 e. The molecule has 2 aromatic heterocycles. The highest BCUT2D eigenvalue weighted by Crippen LogP contribution is 2.45. The van der Waals surface area contributed by atoms with Gasteiger partial charge in [-0.25, -0.2) is 0 Å². The second-order valence-electron chi connectivity index (χ2n) is 14.8. The van der Waals surface area contributed by atoms with Crippen LogP contribution in [0.1, 0.15) is 0 Å². The van der Waals surface area contributed by atoms with E-state index in [0.717, 1.165) is 55.0 Å². The van der Waals surface area contributed by atoms with Crippen molar-refractivity contribution in [1.29, 1.82) is 0 Å². The molecule has 56 heavy (non-hydrogen) atoms. The van der Waals surface area contributed by atoms with E-state index in [-0.39, 0.29) is 0 Å². The van der Waals surface area contributed by atoms with Gasteiger partial charge in [0.1, 0.15) is 22.3 Å². The Labute approximate surface area is 322 Å². The first kappa shape index (κ1) is 31.0. The minimum atomic E-state index is 0.900. The Morgan fingerprint density at radius 3 is 1.32 bits per heavy atom. The molecule has 0 saturated heterocycles. The van der Waals surface area contributed by atoms with Crippen LogP contribution in [0.15, 0.2) is 203 Å². The fraction of sp³-hybridized carbons (Fsp3) is 0. The number of fused-ring (bicyclic) bond motifs is 9. The van der Waals surface area contributed by atoms with Crippen LogP contribution in [0.3, 0.4) is 0 Å². The number of rotatable bonds is 4. The van der Waals surface area contributed by atoms with E-state index in [2.05, 4.69) is 170 Å².